The Kier molecular flexibility index (Phi) is 4.10. The molecule has 0 saturated heterocycles. The molecular formula is C16H20N6O. The van der Waals surface area contributed by atoms with Gasteiger partial charge in [-0.25, -0.2) is 0 Å². The molecular weight excluding hydrogens is 292 g/mol. The Balaban J connectivity index is 1.70. The van der Waals surface area contributed by atoms with Gasteiger partial charge in [-0.2, -0.15) is 10.2 Å². The van der Waals surface area contributed by atoms with Crippen molar-refractivity contribution in [1.82, 2.24) is 29.9 Å². The Morgan fingerprint density at radius 3 is 2.74 bits per heavy atom. The van der Waals surface area contributed by atoms with Crippen LogP contribution in [-0.4, -0.2) is 30.5 Å². The zero-order chi connectivity index (χ0) is 16.4. The highest BCUT2D eigenvalue weighted by molar-refractivity contribution is 5.79. The van der Waals surface area contributed by atoms with Gasteiger partial charge in [-0.15, -0.1) is 0 Å². The molecule has 120 valence electrons. The molecule has 1 atom stereocenters. The smallest absolute Gasteiger partial charge is 0.242 e. The van der Waals surface area contributed by atoms with E-state index in [-0.39, 0.29) is 18.5 Å². The molecule has 23 heavy (non-hydrogen) atoms. The molecule has 7 nitrogen and oxygen atoms in total. The third kappa shape index (κ3) is 3.08. The normalized spacial score (nSPS) is 12.5. The average Bonchev–Trinajstić information content (AvgIpc) is 3.08. The van der Waals surface area contributed by atoms with Crippen LogP contribution in [0, 0.1) is 6.92 Å². The van der Waals surface area contributed by atoms with Gasteiger partial charge in [0.25, 0.3) is 0 Å². The largest absolute Gasteiger partial charge is 0.348 e. The second-order valence-electron chi connectivity index (χ2n) is 5.53. The Labute approximate surface area is 134 Å². The second-order valence-corrected chi connectivity index (χ2v) is 5.53. The lowest BCUT2D eigenvalue weighted by molar-refractivity contribution is -0.122. The van der Waals surface area contributed by atoms with E-state index in [4.69, 9.17) is 0 Å². The molecule has 3 heterocycles. The standard InChI is InChI=1S/C16H20N6O/c1-4-22-14-9-21(20-16(14)12(3)19-22)10-15(23)18-11(2)13-5-7-17-8-6-13/h5-9,11H,4,10H2,1-3H3,(H,18,23)/t11-/m0/s1. The van der Waals surface area contributed by atoms with Crippen LogP contribution in [0.15, 0.2) is 30.7 Å². The van der Waals surface area contributed by atoms with Gasteiger partial charge >= 0.3 is 0 Å². The minimum atomic E-state index is -0.0758. The maximum atomic E-state index is 12.2. The van der Waals surface area contributed by atoms with Crippen molar-refractivity contribution in [3.63, 3.8) is 0 Å². The number of aryl methyl sites for hydroxylation is 2. The summed E-state index contributed by atoms with van der Waals surface area (Å²) in [4.78, 5) is 16.2. The van der Waals surface area contributed by atoms with Gasteiger partial charge in [0.05, 0.1) is 17.9 Å². The summed E-state index contributed by atoms with van der Waals surface area (Å²) in [5, 5.41) is 11.8. The molecule has 0 aliphatic carbocycles. The molecule has 0 spiro atoms. The SMILES string of the molecule is CCn1nc(C)c2nn(CC(=O)N[C@@H](C)c3ccncc3)cc21. The van der Waals surface area contributed by atoms with Crippen LogP contribution < -0.4 is 5.32 Å². The van der Waals surface area contributed by atoms with Crippen LogP contribution in [0.5, 0.6) is 0 Å². The number of fused-ring (bicyclic) bond motifs is 1. The van der Waals surface area contributed by atoms with Gasteiger partial charge in [0, 0.05) is 18.9 Å². The summed E-state index contributed by atoms with van der Waals surface area (Å²) < 4.78 is 3.56. The molecule has 3 aromatic heterocycles. The van der Waals surface area contributed by atoms with E-state index in [2.05, 4.69) is 20.5 Å². The van der Waals surface area contributed by atoms with Crippen molar-refractivity contribution in [2.45, 2.75) is 39.9 Å². The lowest BCUT2D eigenvalue weighted by Gasteiger charge is -2.14. The van der Waals surface area contributed by atoms with Crippen molar-refractivity contribution in [3.05, 3.63) is 42.0 Å². The van der Waals surface area contributed by atoms with Crippen LogP contribution in [0.3, 0.4) is 0 Å². The quantitative estimate of drug-likeness (QED) is 0.779. The van der Waals surface area contributed by atoms with E-state index in [9.17, 15) is 4.79 Å². The van der Waals surface area contributed by atoms with Gasteiger partial charge in [0.15, 0.2) is 0 Å². The Bertz CT molecular complexity index is 820. The number of aromatic nitrogens is 5. The molecule has 3 rings (SSSR count). The molecule has 0 radical (unpaired) electrons. The fourth-order valence-corrected chi connectivity index (χ4v) is 2.63. The van der Waals surface area contributed by atoms with Gasteiger partial charge in [0.2, 0.25) is 5.91 Å². The Morgan fingerprint density at radius 2 is 2.04 bits per heavy atom. The van der Waals surface area contributed by atoms with Crippen molar-refractivity contribution >= 4 is 16.9 Å². The fourth-order valence-electron chi connectivity index (χ4n) is 2.63. The highest BCUT2D eigenvalue weighted by Crippen LogP contribution is 2.16. The molecule has 1 amide bonds. The molecule has 7 heteroatoms. The van der Waals surface area contributed by atoms with Crippen molar-refractivity contribution < 1.29 is 4.79 Å². The first-order valence-electron chi connectivity index (χ1n) is 7.68. The van der Waals surface area contributed by atoms with E-state index in [1.165, 1.54) is 0 Å². The van der Waals surface area contributed by atoms with E-state index in [0.717, 1.165) is 28.8 Å². The molecule has 0 aliphatic rings. The van der Waals surface area contributed by atoms with Gasteiger partial charge in [-0.1, -0.05) is 0 Å². The Hall–Kier alpha value is -2.70. The zero-order valence-electron chi connectivity index (χ0n) is 13.5. The number of amides is 1. The molecule has 0 saturated carbocycles. The van der Waals surface area contributed by atoms with Gasteiger partial charge in [-0.05, 0) is 38.5 Å². The average molecular weight is 312 g/mol. The number of carbonyl (C=O) groups is 1. The summed E-state index contributed by atoms with van der Waals surface area (Å²) >= 11 is 0. The number of nitrogens with one attached hydrogen (secondary N) is 1. The number of pyridine rings is 1. The Morgan fingerprint density at radius 1 is 1.30 bits per heavy atom. The summed E-state index contributed by atoms with van der Waals surface area (Å²) in [6.07, 6.45) is 5.31. The minimum Gasteiger partial charge on any atom is -0.348 e. The number of nitrogens with zero attached hydrogens (tertiary/aromatic N) is 5. The highest BCUT2D eigenvalue weighted by Gasteiger charge is 2.14. The summed E-state index contributed by atoms with van der Waals surface area (Å²) in [6.45, 7) is 6.88. The number of carbonyl (C=O) groups excluding carboxylic acids is 1. The van der Waals surface area contributed by atoms with E-state index in [0.29, 0.717) is 0 Å². The topological polar surface area (TPSA) is 77.6 Å². The maximum Gasteiger partial charge on any atom is 0.242 e. The molecule has 0 unspecified atom stereocenters. The molecule has 1 N–H and O–H groups in total. The second kappa shape index (κ2) is 6.20. The van der Waals surface area contributed by atoms with Crippen LogP contribution in [-0.2, 0) is 17.9 Å². The monoisotopic (exact) mass is 312 g/mol. The van der Waals surface area contributed by atoms with Crippen molar-refractivity contribution in [3.8, 4) is 0 Å². The predicted molar refractivity (Wildman–Crippen MR) is 86.7 cm³/mol. The summed E-state index contributed by atoms with van der Waals surface area (Å²) in [7, 11) is 0. The van der Waals surface area contributed by atoms with Crippen LogP contribution in [0.25, 0.3) is 11.0 Å². The van der Waals surface area contributed by atoms with Gasteiger partial charge in [0.1, 0.15) is 17.6 Å². The van der Waals surface area contributed by atoms with E-state index in [1.807, 2.05) is 43.8 Å². The lowest BCUT2D eigenvalue weighted by atomic mass is 10.1. The first-order valence-corrected chi connectivity index (χ1v) is 7.68. The molecule has 0 bridgehead atoms. The zero-order valence-corrected chi connectivity index (χ0v) is 13.5. The van der Waals surface area contributed by atoms with Crippen LogP contribution in [0.4, 0.5) is 0 Å². The molecule has 0 aliphatic heterocycles. The van der Waals surface area contributed by atoms with Crippen molar-refractivity contribution in [2.24, 2.45) is 0 Å². The van der Waals surface area contributed by atoms with Crippen LogP contribution in [0.2, 0.25) is 0 Å². The first-order chi connectivity index (χ1) is 11.1. The third-order valence-corrected chi connectivity index (χ3v) is 3.82. The summed E-state index contributed by atoms with van der Waals surface area (Å²) in [5.74, 6) is -0.0758. The van der Waals surface area contributed by atoms with E-state index in [1.54, 1.807) is 17.1 Å². The van der Waals surface area contributed by atoms with Crippen LogP contribution >= 0.6 is 0 Å². The van der Waals surface area contributed by atoms with E-state index >= 15 is 0 Å². The van der Waals surface area contributed by atoms with Gasteiger partial charge < -0.3 is 5.32 Å². The third-order valence-electron chi connectivity index (χ3n) is 3.82. The molecule has 0 fully saturated rings. The number of hydrogen-bond donors (Lipinski definition) is 1. The highest BCUT2D eigenvalue weighted by atomic mass is 16.2. The van der Waals surface area contributed by atoms with Crippen molar-refractivity contribution in [2.75, 3.05) is 0 Å². The van der Waals surface area contributed by atoms with Crippen molar-refractivity contribution in [1.29, 1.82) is 0 Å². The number of hydrogen-bond acceptors (Lipinski definition) is 4. The number of rotatable bonds is 5. The van der Waals surface area contributed by atoms with E-state index < -0.39 is 0 Å². The summed E-state index contributed by atoms with van der Waals surface area (Å²) in [5.41, 5.74) is 3.71. The fraction of sp³-hybridized carbons (Fsp3) is 0.375. The summed E-state index contributed by atoms with van der Waals surface area (Å²) in [6, 6.07) is 3.72. The minimum absolute atomic E-state index is 0.0663. The van der Waals surface area contributed by atoms with Gasteiger partial charge in [-0.3, -0.25) is 19.1 Å². The lowest BCUT2D eigenvalue weighted by Crippen LogP contribution is -2.30. The predicted octanol–water partition coefficient (Wildman–Crippen LogP) is 1.83. The molecule has 3 aromatic rings. The molecule has 0 aromatic carbocycles. The first kappa shape index (κ1) is 15.2. The van der Waals surface area contributed by atoms with Crippen LogP contribution in [0.1, 0.15) is 31.1 Å². The maximum absolute atomic E-state index is 12.2.